The number of nitrogens with one attached hydrogen (secondary N) is 1. The van der Waals surface area contributed by atoms with Crippen LogP contribution in [0.3, 0.4) is 0 Å². The van der Waals surface area contributed by atoms with E-state index in [-0.39, 0.29) is 18.4 Å². The highest BCUT2D eigenvalue weighted by molar-refractivity contribution is 5.74. The van der Waals surface area contributed by atoms with Crippen LogP contribution in [0.1, 0.15) is 11.1 Å². The summed E-state index contributed by atoms with van der Waals surface area (Å²) >= 11 is 0. The van der Waals surface area contributed by atoms with Gasteiger partial charge in [0.2, 0.25) is 0 Å². The second kappa shape index (κ2) is 7.13. The molecule has 120 valence electrons. The second-order valence-corrected chi connectivity index (χ2v) is 5.45. The van der Waals surface area contributed by atoms with E-state index >= 15 is 0 Å². The Kier molecular flexibility index (Phi) is 4.76. The van der Waals surface area contributed by atoms with Crippen molar-refractivity contribution in [1.82, 2.24) is 10.2 Å². The number of ether oxygens (including phenoxy) is 1. The lowest BCUT2D eigenvalue weighted by Crippen LogP contribution is -2.43. The number of para-hydroxylation sites is 1. The standard InChI is InChI=1S/C18H19FN2O2/c19-16-7-3-4-8-17(16)23-12-10-20-18(22)21-11-9-14-5-1-2-6-15(14)13-21/h1-8H,9-13H2,(H,20,22). The number of hydrogen-bond donors (Lipinski definition) is 1. The van der Waals surface area contributed by atoms with Gasteiger partial charge >= 0.3 is 6.03 Å². The molecule has 0 radical (unpaired) electrons. The van der Waals surface area contributed by atoms with Gasteiger partial charge in [-0.1, -0.05) is 36.4 Å². The zero-order valence-corrected chi connectivity index (χ0v) is 12.8. The molecule has 0 aromatic heterocycles. The van der Waals surface area contributed by atoms with Gasteiger partial charge in [0.05, 0.1) is 6.54 Å². The van der Waals surface area contributed by atoms with Gasteiger partial charge in [-0.2, -0.15) is 0 Å². The highest BCUT2D eigenvalue weighted by Crippen LogP contribution is 2.18. The summed E-state index contributed by atoms with van der Waals surface area (Å²) in [5.74, 6) is -0.194. The Morgan fingerprint density at radius 2 is 1.87 bits per heavy atom. The van der Waals surface area contributed by atoms with E-state index in [4.69, 9.17) is 4.74 Å². The molecule has 0 saturated carbocycles. The molecule has 5 heteroatoms. The molecule has 0 fully saturated rings. The molecule has 0 saturated heterocycles. The van der Waals surface area contributed by atoms with Crippen molar-refractivity contribution in [2.24, 2.45) is 0 Å². The van der Waals surface area contributed by atoms with Crippen molar-refractivity contribution >= 4 is 6.03 Å². The number of fused-ring (bicyclic) bond motifs is 1. The number of rotatable bonds is 4. The zero-order chi connectivity index (χ0) is 16.1. The fraction of sp³-hybridized carbons (Fsp3) is 0.278. The van der Waals surface area contributed by atoms with Crippen LogP contribution in [-0.2, 0) is 13.0 Å². The van der Waals surface area contributed by atoms with Crippen molar-refractivity contribution < 1.29 is 13.9 Å². The molecule has 0 bridgehead atoms. The number of carbonyl (C=O) groups is 1. The summed E-state index contributed by atoms with van der Waals surface area (Å²) < 4.78 is 18.7. The number of halogens is 1. The Balaban J connectivity index is 1.45. The Hall–Kier alpha value is -2.56. The monoisotopic (exact) mass is 314 g/mol. The van der Waals surface area contributed by atoms with Gasteiger partial charge < -0.3 is 15.0 Å². The van der Waals surface area contributed by atoms with Crippen LogP contribution in [0.5, 0.6) is 5.75 Å². The minimum Gasteiger partial charge on any atom is -0.489 e. The van der Waals surface area contributed by atoms with Gasteiger partial charge in [-0.15, -0.1) is 0 Å². The predicted molar refractivity (Wildman–Crippen MR) is 85.8 cm³/mol. The first-order valence-electron chi connectivity index (χ1n) is 7.71. The van der Waals surface area contributed by atoms with Crippen LogP contribution in [0.25, 0.3) is 0 Å². The van der Waals surface area contributed by atoms with Gasteiger partial charge in [-0.25, -0.2) is 9.18 Å². The molecule has 1 heterocycles. The Labute approximate surface area is 134 Å². The van der Waals surface area contributed by atoms with E-state index in [1.807, 2.05) is 12.1 Å². The van der Waals surface area contributed by atoms with E-state index in [2.05, 4.69) is 17.4 Å². The third-order valence-corrected chi connectivity index (χ3v) is 3.89. The smallest absolute Gasteiger partial charge is 0.317 e. The van der Waals surface area contributed by atoms with Gasteiger partial charge in [0.1, 0.15) is 6.61 Å². The van der Waals surface area contributed by atoms with Crippen molar-refractivity contribution in [3.05, 3.63) is 65.5 Å². The summed E-state index contributed by atoms with van der Waals surface area (Å²) in [6.07, 6.45) is 0.870. The van der Waals surface area contributed by atoms with Gasteiger partial charge in [-0.3, -0.25) is 0 Å². The SMILES string of the molecule is O=C(NCCOc1ccccc1F)N1CCc2ccccc2C1. The Morgan fingerprint density at radius 1 is 1.13 bits per heavy atom. The predicted octanol–water partition coefficient (Wildman–Crippen LogP) is 2.97. The summed E-state index contributed by atoms with van der Waals surface area (Å²) in [5.41, 5.74) is 2.50. The summed E-state index contributed by atoms with van der Waals surface area (Å²) in [6, 6.07) is 14.3. The molecule has 2 aromatic rings. The number of hydrogen-bond acceptors (Lipinski definition) is 2. The topological polar surface area (TPSA) is 41.6 Å². The van der Waals surface area contributed by atoms with Crippen LogP contribution in [-0.4, -0.2) is 30.6 Å². The molecule has 1 aliphatic heterocycles. The van der Waals surface area contributed by atoms with E-state index in [0.717, 1.165) is 6.42 Å². The fourth-order valence-electron chi connectivity index (χ4n) is 2.66. The van der Waals surface area contributed by atoms with Crippen LogP contribution in [0.4, 0.5) is 9.18 Å². The third kappa shape index (κ3) is 3.80. The molecule has 1 N–H and O–H groups in total. The molecule has 0 spiro atoms. The maximum Gasteiger partial charge on any atom is 0.317 e. The van der Waals surface area contributed by atoms with Crippen LogP contribution in [0, 0.1) is 5.82 Å². The van der Waals surface area contributed by atoms with Crippen LogP contribution >= 0.6 is 0 Å². The van der Waals surface area contributed by atoms with Gasteiger partial charge in [0.15, 0.2) is 11.6 Å². The fourth-order valence-corrected chi connectivity index (χ4v) is 2.66. The molecular weight excluding hydrogens is 295 g/mol. The number of carbonyl (C=O) groups excluding carboxylic acids is 1. The van der Waals surface area contributed by atoms with E-state index in [1.165, 1.54) is 17.2 Å². The average molecular weight is 314 g/mol. The number of nitrogens with zero attached hydrogens (tertiary/aromatic N) is 1. The molecule has 0 aliphatic carbocycles. The van der Waals surface area contributed by atoms with E-state index in [1.54, 1.807) is 23.1 Å². The Morgan fingerprint density at radius 3 is 2.70 bits per heavy atom. The number of amides is 2. The van der Waals surface area contributed by atoms with E-state index in [0.29, 0.717) is 19.6 Å². The van der Waals surface area contributed by atoms with E-state index < -0.39 is 5.82 Å². The average Bonchev–Trinajstić information content (AvgIpc) is 2.59. The molecule has 0 unspecified atom stereocenters. The maximum atomic E-state index is 13.4. The minimum atomic E-state index is -0.397. The molecule has 2 amide bonds. The Bertz CT molecular complexity index is 690. The summed E-state index contributed by atoms with van der Waals surface area (Å²) in [4.78, 5) is 14.0. The first-order chi connectivity index (χ1) is 11.2. The second-order valence-electron chi connectivity index (χ2n) is 5.45. The molecule has 1 aliphatic rings. The number of urea groups is 1. The largest absolute Gasteiger partial charge is 0.489 e. The lowest BCUT2D eigenvalue weighted by Gasteiger charge is -2.28. The summed E-state index contributed by atoms with van der Waals surface area (Å²) in [5, 5.41) is 2.81. The van der Waals surface area contributed by atoms with E-state index in [9.17, 15) is 9.18 Å². The van der Waals surface area contributed by atoms with Crippen LogP contribution in [0.2, 0.25) is 0 Å². The zero-order valence-electron chi connectivity index (χ0n) is 12.8. The lowest BCUT2D eigenvalue weighted by molar-refractivity contribution is 0.189. The lowest BCUT2D eigenvalue weighted by atomic mass is 10.0. The molecule has 2 aromatic carbocycles. The van der Waals surface area contributed by atoms with Crippen molar-refractivity contribution in [3.8, 4) is 5.75 Å². The highest BCUT2D eigenvalue weighted by atomic mass is 19.1. The maximum absolute atomic E-state index is 13.4. The summed E-state index contributed by atoms with van der Waals surface area (Å²) in [6.45, 7) is 1.90. The van der Waals surface area contributed by atoms with Crippen molar-refractivity contribution in [2.75, 3.05) is 19.7 Å². The van der Waals surface area contributed by atoms with Crippen LogP contribution < -0.4 is 10.1 Å². The van der Waals surface area contributed by atoms with Gasteiger partial charge in [-0.05, 0) is 29.7 Å². The third-order valence-electron chi connectivity index (χ3n) is 3.89. The molecule has 4 nitrogen and oxygen atoms in total. The summed E-state index contributed by atoms with van der Waals surface area (Å²) in [7, 11) is 0. The highest BCUT2D eigenvalue weighted by Gasteiger charge is 2.19. The first-order valence-corrected chi connectivity index (χ1v) is 7.71. The molecule has 0 atom stereocenters. The van der Waals surface area contributed by atoms with Crippen molar-refractivity contribution in [3.63, 3.8) is 0 Å². The number of benzene rings is 2. The molecule has 3 rings (SSSR count). The van der Waals surface area contributed by atoms with Gasteiger partial charge in [0, 0.05) is 13.1 Å². The quantitative estimate of drug-likeness (QED) is 0.882. The van der Waals surface area contributed by atoms with Crippen LogP contribution in [0.15, 0.2) is 48.5 Å². The molecule has 23 heavy (non-hydrogen) atoms. The van der Waals surface area contributed by atoms with Crippen molar-refractivity contribution in [2.45, 2.75) is 13.0 Å². The minimum absolute atomic E-state index is 0.114. The van der Waals surface area contributed by atoms with Gasteiger partial charge in [0.25, 0.3) is 0 Å². The van der Waals surface area contributed by atoms with Crippen molar-refractivity contribution in [1.29, 1.82) is 0 Å². The first kappa shape index (κ1) is 15.3. The normalized spacial score (nSPS) is 13.3. The molecular formula is C18H19FN2O2.